The maximum Gasteiger partial charge on any atom is 0.273 e. The minimum atomic E-state index is -0.366. The minimum Gasteiger partial charge on any atom is -0.493 e. The van der Waals surface area contributed by atoms with E-state index in [1.54, 1.807) is 25.3 Å². The first-order chi connectivity index (χ1) is 14.1. The number of carbonyl (C=O) groups is 1. The number of hydrogen-bond donors (Lipinski definition) is 2. The van der Waals surface area contributed by atoms with Crippen LogP contribution in [0.2, 0.25) is 0 Å². The predicted molar refractivity (Wildman–Crippen MR) is 106 cm³/mol. The molecule has 2 aromatic rings. The minimum absolute atomic E-state index is 0.0903. The van der Waals surface area contributed by atoms with Crippen LogP contribution >= 0.6 is 0 Å². The van der Waals surface area contributed by atoms with Crippen molar-refractivity contribution in [1.82, 2.24) is 20.5 Å². The van der Waals surface area contributed by atoms with Crippen LogP contribution in [-0.4, -0.2) is 54.1 Å². The Hall–Kier alpha value is -2.94. The van der Waals surface area contributed by atoms with Gasteiger partial charge in [-0.1, -0.05) is 0 Å². The Bertz CT molecular complexity index is 893. The number of nitrogens with one attached hydrogen (secondary N) is 2. The summed E-state index contributed by atoms with van der Waals surface area (Å²) in [6.07, 6.45) is 2.46. The lowest BCUT2D eigenvalue weighted by molar-refractivity contribution is -0.121. The average Bonchev–Trinajstić information content (AvgIpc) is 3.25. The molecular formula is C20H26N4O5. The van der Waals surface area contributed by atoms with Gasteiger partial charge in [0.1, 0.15) is 5.69 Å². The number of ether oxygens (including phenoxy) is 3. The van der Waals surface area contributed by atoms with Crippen molar-refractivity contribution in [3.63, 3.8) is 0 Å². The monoisotopic (exact) mass is 402 g/mol. The van der Waals surface area contributed by atoms with E-state index in [1.807, 2.05) is 6.92 Å². The van der Waals surface area contributed by atoms with E-state index >= 15 is 0 Å². The second-order valence-corrected chi connectivity index (χ2v) is 6.69. The SMILES string of the molecule is CCOc1ccc(-c2nnc(CCC(=O)NCC3CCCO3)c(=O)[nH]2)cc1OC. The van der Waals surface area contributed by atoms with Gasteiger partial charge in [-0.05, 0) is 38.0 Å². The molecule has 29 heavy (non-hydrogen) atoms. The summed E-state index contributed by atoms with van der Waals surface area (Å²) in [5, 5.41) is 10.9. The molecule has 156 valence electrons. The fourth-order valence-electron chi connectivity index (χ4n) is 3.10. The molecule has 1 atom stereocenters. The van der Waals surface area contributed by atoms with Crippen molar-refractivity contribution in [3.8, 4) is 22.9 Å². The highest BCUT2D eigenvalue weighted by molar-refractivity contribution is 5.76. The molecule has 1 aromatic heterocycles. The summed E-state index contributed by atoms with van der Waals surface area (Å²) in [5.41, 5.74) is 0.504. The first-order valence-electron chi connectivity index (χ1n) is 9.76. The molecule has 1 fully saturated rings. The van der Waals surface area contributed by atoms with Crippen molar-refractivity contribution >= 4 is 5.91 Å². The first kappa shape index (κ1) is 20.8. The number of benzene rings is 1. The fraction of sp³-hybridized carbons (Fsp3) is 0.500. The van der Waals surface area contributed by atoms with Gasteiger partial charge in [0.2, 0.25) is 5.91 Å². The van der Waals surface area contributed by atoms with Crippen LogP contribution in [0.1, 0.15) is 31.9 Å². The van der Waals surface area contributed by atoms with Gasteiger partial charge in [0.25, 0.3) is 5.56 Å². The third-order valence-corrected chi connectivity index (χ3v) is 4.64. The maximum absolute atomic E-state index is 12.4. The van der Waals surface area contributed by atoms with E-state index in [2.05, 4.69) is 20.5 Å². The lowest BCUT2D eigenvalue weighted by Gasteiger charge is -2.11. The Morgan fingerprint density at radius 3 is 2.90 bits per heavy atom. The van der Waals surface area contributed by atoms with E-state index in [4.69, 9.17) is 14.2 Å². The van der Waals surface area contributed by atoms with E-state index in [-0.39, 0.29) is 36.1 Å². The zero-order chi connectivity index (χ0) is 20.6. The number of methoxy groups -OCH3 is 1. The molecule has 9 heteroatoms. The molecule has 1 aliphatic heterocycles. The molecule has 2 heterocycles. The number of hydrogen-bond acceptors (Lipinski definition) is 7. The van der Waals surface area contributed by atoms with Gasteiger partial charge in [-0.2, -0.15) is 0 Å². The van der Waals surface area contributed by atoms with Crippen molar-refractivity contribution in [1.29, 1.82) is 0 Å². The molecule has 0 aliphatic carbocycles. The van der Waals surface area contributed by atoms with Gasteiger partial charge in [0.15, 0.2) is 17.3 Å². The molecule has 1 saturated heterocycles. The van der Waals surface area contributed by atoms with Crippen LogP contribution in [0.15, 0.2) is 23.0 Å². The Morgan fingerprint density at radius 2 is 2.21 bits per heavy atom. The number of carbonyl (C=O) groups excluding carboxylic acids is 1. The van der Waals surface area contributed by atoms with Crippen molar-refractivity contribution in [2.24, 2.45) is 0 Å². The molecular weight excluding hydrogens is 376 g/mol. The van der Waals surface area contributed by atoms with E-state index in [0.29, 0.717) is 36.0 Å². The highest BCUT2D eigenvalue weighted by atomic mass is 16.5. The molecule has 1 amide bonds. The second kappa shape index (κ2) is 10.0. The lowest BCUT2D eigenvalue weighted by Crippen LogP contribution is -2.32. The molecule has 1 aliphatic rings. The van der Waals surface area contributed by atoms with Crippen LogP contribution in [0.25, 0.3) is 11.4 Å². The molecule has 2 N–H and O–H groups in total. The number of H-pyrrole nitrogens is 1. The van der Waals surface area contributed by atoms with Crippen LogP contribution < -0.4 is 20.3 Å². The van der Waals surface area contributed by atoms with Gasteiger partial charge >= 0.3 is 0 Å². The number of aryl methyl sites for hydroxylation is 1. The summed E-state index contributed by atoms with van der Waals surface area (Å²) in [6, 6.07) is 5.25. The summed E-state index contributed by atoms with van der Waals surface area (Å²) in [5.74, 6) is 1.34. The summed E-state index contributed by atoms with van der Waals surface area (Å²) in [6.45, 7) is 3.65. The van der Waals surface area contributed by atoms with Crippen LogP contribution in [0.3, 0.4) is 0 Å². The van der Waals surface area contributed by atoms with Gasteiger partial charge in [-0.15, -0.1) is 10.2 Å². The van der Waals surface area contributed by atoms with Crippen LogP contribution in [0.4, 0.5) is 0 Å². The maximum atomic E-state index is 12.4. The third-order valence-electron chi connectivity index (χ3n) is 4.64. The number of nitrogens with zero attached hydrogens (tertiary/aromatic N) is 2. The van der Waals surface area contributed by atoms with Crippen LogP contribution in [0, 0.1) is 0 Å². The highest BCUT2D eigenvalue weighted by Gasteiger charge is 2.17. The van der Waals surface area contributed by atoms with Gasteiger partial charge in [-0.25, -0.2) is 0 Å². The summed E-state index contributed by atoms with van der Waals surface area (Å²) >= 11 is 0. The van der Waals surface area contributed by atoms with E-state index in [9.17, 15) is 9.59 Å². The Labute approximate surface area is 168 Å². The van der Waals surface area contributed by atoms with E-state index in [1.165, 1.54) is 0 Å². The van der Waals surface area contributed by atoms with Gasteiger partial charge in [0, 0.05) is 31.6 Å². The zero-order valence-corrected chi connectivity index (χ0v) is 16.7. The quantitative estimate of drug-likeness (QED) is 0.652. The molecule has 0 spiro atoms. The first-order valence-corrected chi connectivity index (χ1v) is 9.76. The number of aromatic nitrogens is 3. The normalized spacial score (nSPS) is 15.9. The number of rotatable bonds is 9. The van der Waals surface area contributed by atoms with Crippen molar-refractivity contribution in [2.75, 3.05) is 26.9 Å². The van der Waals surface area contributed by atoms with Gasteiger partial charge < -0.3 is 24.5 Å². The molecule has 1 aromatic carbocycles. The van der Waals surface area contributed by atoms with Gasteiger partial charge in [-0.3, -0.25) is 9.59 Å². The van der Waals surface area contributed by atoms with Crippen molar-refractivity contribution in [3.05, 3.63) is 34.2 Å². The van der Waals surface area contributed by atoms with Crippen molar-refractivity contribution in [2.45, 2.75) is 38.7 Å². The molecule has 0 radical (unpaired) electrons. The zero-order valence-electron chi connectivity index (χ0n) is 16.7. The fourth-order valence-corrected chi connectivity index (χ4v) is 3.10. The Kier molecular flexibility index (Phi) is 7.18. The van der Waals surface area contributed by atoms with E-state index in [0.717, 1.165) is 19.4 Å². The Balaban J connectivity index is 1.61. The average molecular weight is 402 g/mol. The molecule has 0 bridgehead atoms. The summed E-state index contributed by atoms with van der Waals surface area (Å²) in [7, 11) is 1.54. The number of amides is 1. The van der Waals surface area contributed by atoms with Gasteiger partial charge in [0.05, 0.1) is 19.8 Å². The topological polar surface area (TPSA) is 115 Å². The molecule has 0 saturated carbocycles. The second-order valence-electron chi connectivity index (χ2n) is 6.69. The lowest BCUT2D eigenvalue weighted by atomic mass is 10.2. The van der Waals surface area contributed by atoms with E-state index < -0.39 is 0 Å². The third kappa shape index (κ3) is 5.54. The standard InChI is InChI=1S/C20H26N4O5/c1-3-28-16-8-6-13(11-17(16)27-2)19-22-20(26)15(23-24-19)7-9-18(25)21-12-14-5-4-10-29-14/h6,8,11,14H,3-5,7,9-10,12H2,1-2H3,(H,21,25)(H,22,24,26). The largest absolute Gasteiger partial charge is 0.493 e. The molecule has 9 nitrogen and oxygen atoms in total. The number of aromatic amines is 1. The highest BCUT2D eigenvalue weighted by Crippen LogP contribution is 2.30. The van der Waals surface area contributed by atoms with Crippen LogP contribution in [-0.2, 0) is 16.0 Å². The van der Waals surface area contributed by atoms with Crippen molar-refractivity contribution < 1.29 is 19.0 Å². The molecule has 1 unspecified atom stereocenters. The van der Waals surface area contributed by atoms with Crippen LogP contribution in [0.5, 0.6) is 11.5 Å². The Morgan fingerprint density at radius 1 is 1.34 bits per heavy atom. The smallest absolute Gasteiger partial charge is 0.273 e. The molecule has 3 rings (SSSR count). The summed E-state index contributed by atoms with van der Waals surface area (Å²) in [4.78, 5) is 27.0. The predicted octanol–water partition coefficient (Wildman–Crippen LogP) is 1.47. The summed E-state index contributed by atoms with van der Waals surface area (Å²) < 4.78 is 16.3.